The molecule has 4 nitrogen and oxygen atoms in total. The number of aromatic carboxylic acids is 1. The van der Waals surface area contributed by atoms with Gasteiger partial charge in [-0.25, -0.2) is 18.4 Å². The van der Waals surface area contributed by atoms with Gasteiger partial charge in [0, 0.05) is 0 Å². The van der Waals surface area contributed by atoms with Crippen LogP contribution in [-0.4, -0.2) is 17.2 Å². The van der Waals surface area contributed by atoms with E-state index in [1.807, 2.05) is 0 Å². The van der Waals surface area contributed by atoms with Gasteiger partial charge in [-0.05, 0) is 30.5 Å². The van der Waals surface area contributed by atoms with Crippen LogP contribution in [-0.2, 0) is 10.3 Å². The maximum absolute atomic E-state index is 13.5. The van der Waals surface area contributed by atoms with Crippen LogP contribution in [0.1, 0.15) is 41.6 Å². The standard InChI is InChI=1S/C13H11F2NO3/c14-10-6-8(5-9(11(10)15)12(18)19)13(16-7-17)3-1-2-4-13/h5-6H,1-4H2,(H,18,19). The quantitative estimate of drug-likeness (QED) is 0.676. The van der Waals surface area contributed by atoms with E-state index in [1.54, 1.807) is 0 Å². The summed E-state index contributed by atoms with van der Waals surface area (Å²) in [7, 11) is 0. The van der Waals surface area contributed by atoms with Crippen molar-refractivity contribution in [1.82, 2.24) is 0 Å². The van der Waals surface area contributed by atoms with E-state index in [4.69, 9.17) is 5.11 Å². The number of halogens is 2. The second-order valence-electron chi connectivity index (χ2n) is 4.57. The van der Waals surface area contributed by atoms with Crippen molar-refractivity contribution in [2.75, 3.05) is 0 Å². The lowest BCUT2D eigenvalue weighted by atomic mass is 9.87. The topological polar surface area (TPSA) is 66.7 Å². The lowest BCUT2D eigenvalue weighted by Gasteiger charge is -2.23. The normalized spacial score (nSPS) is 16.9. The Bertz CT molecular complexity index is 573. The monoisotopic (exact) mass is 267 g/mol. The van der Waals surface area contributed by atoms with Gasteiger partial charge in [-0.1, -0.05) is 12.8 Å². The third kappa shape index (κ3) is 2.27. The summed E-state index contributed by atoms with van der Waals surface area (Å²) in [5.74, 6) is -4.21. The highest BCUT2D eigenvalue weighted by molar-refractivity contribution is 5.88. The largest absolute Gasteiger partial charge is 0.478 e. The van der Waals surface area contributed by atoms with Crippen molar-refractivity contribution in [2.24, 2.45) is 4.99 Å². The number of isocyanates is 1. The van der Waals surface area contributed by atoms with Gasteiger partial charge in [-0.15, -0.1) is 0 Å². The molecule has 1 saturated carbocycles. The van der Waals surface area contributed by atoms with Crippen molar-refractivity contribution in [3.63, 3.8) is 0 Å². The summed E-state index contributed by atoms with van der Waals surface area (Å²) in [5, 5.41) is 8.86. The Labute approximate surface area is 107 Å². The molecule has 0 aliphatic heterocycles. The molecule has 1 aromatic carbocycles. The van der Waals surface area contributed by atoms with E-state index in [-0.39, 0.29) is 5.56 Å². The Morgan fingerprint density at radius 3 is 2.47 bits per heavy atom. The van der Waals surface area contributed by atoms with E-state index in [9.17, 15) is 18.4 Å². The molecule has 1 aromatic rings. The van der Waals surface area contributed by atoms with E-state index in [1.165, 1.54) is 6.08 Å². The minimum Gasteiger partial charge on any atom is -0.478 e. The highest BCUT2D eigenvalue weighted by atomic mass is 19.2. The highest BCUT2D eigenvalue weighted by Gasteiger charge is 2.37. The van der Waals surface area contributed by atoms with Crippen molar-refractivity contribution in [1.29, 1.82) is 0 Å². The van der Waals surface area contributed by atoms with Crippen LogP contribution in [0.4, 0.5) is 8.78 Å². The maximum atomic E-state index is 13.5. The maximum Gasteiger partial charge on any atom is 0.338 e. The predicted molar refractivity (Wildman–Crippen MR) is 61.6 cm³/mol. The minimum absolute atomic E-state index is 0.213. The molecular formula is C13H11F2NO3. The predicted octanol–water partition coefficient (Wildman–Crippen LogP) is 2.77. The summed E-state index contributed by atoms with van der Waals surface area (Å²) in [6, 6.07) is 1.96. The number of carbonyl (C=O) groups is 1. The van der Waals surface area contributed by atoms with Gasteiger partial charge in [0.25, 0.3) is 0 Å². The highest BCUT2D eigenvalue weighted by Crippen LogP contribution is 2.42. The van der Waals surface area contributed by atoms with E-state index in [0.717, 1.165) is 25.0 Å². The zero-order valence-electron chi connectivity index (χ0n) is 9.95. The van der Waals surface area contributed by atoms with Gasteiger partial charge in [-0.2, -0.15) is 4.99 Å². The molecule has 19 heavy (non-hydrogen) atoms. The number of carboxylic acid groups (broad SMARTS) is 1. The summed E-state index contributed by atoms with van der Waals surface area (Å²) >= 11 is 0. The fraction of sp³-hybridized carbons (Fsp3) is 0.385. The number of hydrogen-bond donors (Lipinski definition) is 1. The molecule has 0 unspecified atom stereocenters. The minimum atomic E-state index is -1.55. The number of rotatable bonds is 3. The molecule has 1 fully saturated rings. The third-order valence-corrected chi connectivity index (χ3v) is 3.49. The second kappa shape index (κ2) is 4.90. The first-order valence-electron chi connectivity index (χ1n) is 5.82. The molecule has 0 heterocycles. The fourth-order valence-corrected chi connectivity index (χ4v) is 2.53. The van der Waals surface area contributed by atoms with Crippen LogP contribution < -0.4 is 0 Å². The van der Waals surface area contributed by atoms with E-state index < -0.39 is 28.7 Å². The molecule has 2 rings (SSSR count). The van der Waals surface area contributed by atoms with Gasteiger partial charge in [0.1, 0.15) is 0 Å². The summed E-state index contributed by atoms with van der Waals surface area (Å²) in [6.07, 6.45) is 4.00. The van der Waals surface area contributed by atoms with E-state index >= 15 is 0 Å². The van der Waals surface area contributed by atoms with Crippen molar-refractivity contribution in [2.45, 2.75) is 31.2 Å². The van der Waals surface area contributed by atoms with Crippen LogP contribution in [0.5, 0.6) is 0 Å². The SMILES string of the molecule is O=C=NC1(c2cc(F)c(F)c(C(=O)O)c2)CCCC1. The third-order valence-electron chi connectivity index (χ3n) is 3.49. The molecule has 0 aromatic heterocycles. The molecule has 0 atom stereocenters. The number of hydrogen-bond acceptors (Lipinski definition) is 3. The molecular weight excluding hydrogens is 256 g/mol. The first kappa shape index (κ1) is 13.4. The molecule has 0 radical (unpaired) electrons. The average molecular weight is 267 g/mol. The number of carbonyl (C=O) groups excluding carboxylic acids is 1. The molecule has 6 heteroatoms. The molecule has 0 bridgehead atoms. The first-order valence-corrected chi connectivity index (χ1v) is 5.82. The van der Waals surface area contributed by atoms with Crippen molar-refractivity contribution in [3.05, 3.63) is 34.9 Å². The molecule has 1 aliphatic carbocycles. The van der Waals surface area contributed by atoms with Gasteiger partial charge in [0.15, 0.2) is 11.6 Å². The van der Waals surface area contributed by atoms with Crippen LogP contribution in [0.25, 0.3) is 0 Å². The number of aliphatic imine (C=N–C) groups is 1. The molecule has 0 saturated heterocycles. The molecule has 0 spiro atoms. The van der Waals surface area contributed by atoms with E-state index in [0.29, 0.717) is 12.8 Å². The van der Waals surface area contributed by atoms with Gasteiger partial charge < -0.3 is 5.11 Å². The fourth-order valence-electron chi connectivity index (χ4n) is 2.53. The summed E-state index contributed by atoms with van der Waals surface area (Å²) in [4.78, 5) is 25.1. The van der Waals surface area contributed by atoms with E-state index in [2.05, 4.69) is 4.99 Å². The van der Waals surface area contributed by atoms with Crippen LogP contribution in [0.15, 0.2) is 17.1 Å². The number of nitrogens with zero attached hydrogens (tertiary/aromatic N) is 1. The molecule has 1 N–H and O–H groups in total. The Hall–Kier alpha value is -2.07. The molecule has 100 valence electrons. The van der Waals surface area contributed by atoms with Gasteiger partial charge in [-0.3, -0.25) is 0 Å². The lowest BCUT2D eigenvalue weighted by Crippen LogP contribution is -2.20. The summed E-state index contributed by atoms with van der Waals surface area (Å²) in [6.45, 7) is 0. The van der Waals surface area contributed by atoms with Crippen molar-refractivity contribution < 1.29 is 23.5 Å². The van der Waals surface area contributed by atoms with Crippen molar-refractivity contribution in [3.8, 4) is 0 Å². The number of carboxylic acids is 1. The summed E-state index contributed by atoms with van der Waals surface area (Å²) in [5.41, 5.74) is -1.51. The van der Waals surface area contributed by atoms with Gasteiger partial charge in [0.05, 0.1) is 11.1 Å². The van der Waals surface area contributed by atoms with Gasteiger partial charge in [0.2, 0.25) is 6.08 Å². The Kier molecular flexibility index (Phi) is 3.44. The van der Waals surface area contributed by atoms with Crippen LogP contribution in [0.2, 0.25) is 0 Å². The van der Waals surface area contributed by atoms with Crippen molar-refractivity contribution >= 4 is 12.0 Å². The molecule has 0 amide bonds. The van der Waals surface area contributed by atoms with Crippen LogP contribution in [0, 0.1) is 11.6 Å². The average Bonchev–Trinajstić information content (AvgIpc) is 2.82. The Morgan fingerprint density at radius 2 is 1.95 bits per heavy atom. The lowest BCUT2D eigenvalue weighted by molar-refractivity contribution is 0.0690. The smallest absolute Gasteiger partial charge is 0.338 e. The number of benzene rings is 1. The Morgan fingerprint density at radius 1 is 1.32 bits per heavy atom. The van der Waals surface area contributed by atoms with Crippen LogP contribution >= 0.6 is 0 Å². The second-order valence-corrected chi connectivity index (χ2v) is 4.57. The Balaban J connectivity index is 2.61. The molecule has 1 aliphatic rings. The zero-order valence-corrected chi connectivity index (χ0v) is 9.95. The van der Waals surface area contributed by atoms with Crippen LogP contribution in [0.3, 0.4) is 0 Å². The van der Waals surface area contributed by atoms with Gasteiger partial charge >= 0.3 is 5.97 Å². The first-order chi connectivity index (χ1) is 9.00. The summed E-state index contributed by atoms with van der Waals surface area (Å²) < 4.78 is 26.9. The zero-order chi connectivity index (χ0) is 14.0.